The first-order valence-corrected chi connectivity index (χ1v) is 2.06. The van der Waals surface area contributed by atoms with Crippen molar-refractivity contribution in [1.29, 1.82) is 0 Å². The van der Waals surface area contributed by atoms with Crippen LogP contribution in [0.1, 0.15) is 12.8 Å². The van der Waals surface area contributed by atoms with E-state index >= 15 is 0 Å². The van der Waals surface area contributed by atoms with Crippen LogP contribution >= 0.6 is 0 Å². The average Bonchev–Trinajstić information content (AvgIpc) is 1.87. The fraction of sp³-hybridized carbons (Fsp3) is 0.500. The SMILES string of the molecule is O=C1CCC([O-])=N1.[Hg+2]. The molecule has 0 unspecified atom stereocenters. The van der Waals surface area contributed by atoms with Gasteiger partial charge in [0.15, 0.2) is 0 Å². The third-order valence-electron chi connectivity index (χ3n) is 0.802. The molecule has 0 radical (unpaired) electrons. The molecule has 0 aromatic heterocycles. The first-order chi connectivity index (χ1) is 3.29. The largest absolute Gasteiger partial charge is 2.00 e. The summed E-state index contributed by atoms with van der Waals surface area (Å²) in [5.74, 6) is -0.546. The van der Waals surface area contributed by atoms with Gasteiger partial charge in [-0.05, 0) is 12.3 Å². The van der Waals surface area contributed by atoms with Gasteiger partial charge in [-0.3, -0.25) is 4.79 Å². The summed E-state index contributed by atoms with van der Waals surface area (Å²) in [6, 6.07) is 0. The molecule has 0 bridgehead atoms. The number of hydrogen-bond donors (Lipinski definition) is 0. The number of hydrogen-bond acceptors (Lipinski definition) is 2. The second-order valence-electron chi connectivity index (χ2n) is 1.40. The van der Waals surface area contributed by atoms with Crippen molar-refractivity contribution in [3.05, 3.63) is 0 Å². The standard InChI is InChI=1S/C4H5NO2.Hg/c6-3-1-2-4(7)5-3;/h1-2H2,(H,5,6,7);/q;+2/p-1. The summed E-state index contributed by atoms with van der Waals surface area (Å²) in [5, 5.41) is 10.1. The molecule has 1 amide bonds. The van der Waals surface area contributed by atoms with Gasteiger partial charge in [0.1, 0.15) is 0 Å². The molecule has 1 heterocycles. The van der Waals surface area contributed by atoms with Gasteiger partial charge >= 0.3 is 27.7 Å². The molecule has 3 nitrogen and oxygen atoms in total. The van der Waals surface area contributed by atoms with E-state index in [1.54, 1.807) is 0 Å². The molecule has 0 saturated carbocycles. The zero-order chi connectivity index (χ0) is 5.28. The van der Waals surface area contributed by atoms with E-state index in [1.807, 2.05) is 0 Å². The number of nitrogens with zero attached hydrogens (tertiary/aromatic N) is 1. The second kappa shape index (κ2) is 3.17. The Bertz CT molecular complexity index is 132. The third-order valence-corrected chi connectivity index (χ3v) is 0.802. The minimum atomic E-state index is -0.273. The number of carbonyl (C=O) groups is 1. The van der Waals surface area contributed by atoms with E-state index in [1.165, 1.54) is 0 Å². The van der Waals surface area contributed by atoms with E-state index in [2.05, 4.69) is 4.99 Å². The summed E-state index contributed by atoms with van der Waals surface area (Å²) in [6.45, 7) is 0. The predicted octanol–water partition coefficient (Wildman–Crippen LogP) is -0.937. The van der Waals surface area contributed by atoms with Crippen molar-refractivity contribution in [2.75, 3.05) is 0 Å². The van der Waals surface area contributed by atoms with Crippen LogP contribution in [0.25, 0.3) is 0 Å². The molecule has 4 heteroatoms. The van der Waals surface area contributed by atoms with Gasteiger partial charge in [-0.25, -0.2) is 4.99 Å². The third kappa shape index (κ3) is 1.90. The Morgan fingerprint density at radius 1 is 1.50 bits per heavy atom. The fourth-order valence-corrected chi connectivity index (χ4v) is 0.465. The minimum Gasteiger partial charge on any atom is -0.862 e. The molecule has 1 aliphatic heterocycles. The Balaban J connectivity index is 0.000000490. The van der Waals surface area contributed by atoms with Crippen LogP contribution in [0, 0.1) is 0 Å². The van der Waals surface area contributed by atoms with E-state index in [-0.39, 0.29) is 39.5 Å². The van der Waals surface area contributed by atoms with E-state index in [9.17, 15) is 9.90 Å². The number of amides is 1. The Morgan fingerprint density at radius 3 is 2.25 bits per heavy atom. The Labute approximate surface area is 67.3 Å². The van der Waals surface area contributed by atoms with Crippen molar-refractivity contribution in [1.82, 2.24) is 0 Å². The monoisotopic (exact) mass is 300 g/mol. The topological polar surface area (TPSA) is 52.5 Å². The van der Waals surface area contributed by atoms with Crippen molar-refractivity contribution in [2.45, 2.75) is 12.8 Å². The van der Waals surface area contributed by atoms with Gasteiger partial charge in [0.2, 0.25) is 5.91 Å². The van der Waals surface area contributed by atoms with Crippen molar-refractivity contribution in [2.24, 2.45) is 4.99 Å². The molecule has 1 aliphatic rings. The fourth-order valence-electron chi connectivity index (χ4n) is 0.465. The molecule has 0 atom stereocenters. The van der Waals surface area contributed by atoms with Crippen LogP contribution in [0.5, 0.6) is 0 Å². The summed E-state index contributed by atoms with van der Waals surface area (Å²) in [7, 11) is 0. The summed E-state index contributed by atoms with van der Waals surface area (Å²) >= 11 is 0. The maximum absolute atomic E-state index is 10.1. The van der Waals surface area contributed by atoms with Gasteiger partial charge in [0.25, 0.3) is 0 Å². The maximum Gasteiger partial charge on any atom is 2.00 e. The van der Waals surface area contributed by atoms with Crippen LogP contribution in [0.4, 0.5) is 0 Å². The molecule has 1 rings (SSSR count). The van der Waals surface area contributed by atoms with Crippen LogP contribution in [-0.4, -0.2) is 11.8 Å². The van der Waals surface area contributed by atoms with Crippen LogP contribution in [0.15, 0.2) is 4.99 Å². The molecule has 0 N–H and O–H groups in total. The summed E-state index contributed by atoms with van der Waals surface area (Å²) in [5.41, 5.74) is 0. The van der Waals surface area contributed by atoms with Crippen LogP contribution in [-0.2, 0) is 32.5 Å². The molecule has 0 fully saturated rings. The first kappa shape index (κ1) is 8.08. The zero-order valence-corrected chi connectivity index (χ0v) is 9.88. The van der Waals surface area contributed by atoms with Crippen molar-refractivity contribution >= 4 is 11.8 Å². The van der Waals surface area contributed by atoms with Crippen molar-refractivity contribution in [3.8, 4) is 0 Å². The number of carbonyl (C=O) groups excluding carboxylic acids is 1. The van der Waals surface area contributed by atoms with E-state index in [4.69, 9.17) is 0 Å². The summed E-state index contributed by atoms with van der Waals surface area (Å²) < 4.78 is 0. The summed E-state index contributed by atoms with van der Waals surface area (Å²) in [6.07, 6.45) is 0.637. The molecular weight excluding hydrogens is 295 g/mol. The molecular formula is C4H4HgNO2+. The Kier molecular flexibility index (Phi) is 3.20. The van der Waals surface area contributed by atoms with E-state index in [0.29, 0.717) is 12.8 Å². The molecule has 0 aliphatic carbocycles. The van der Waals surface area contributed by atoms with Gasteiger partial charge in [0.05, 0.1) is 0 Å². The zero-order valence-electron chi connectivity index (χ0n) is 4.39. The van der Waals surface area contributed by atoms with Gasteiger partial charge in [-0.15, -0.1) is 0 Å². The first-order valence-electron chi connectivity index (χ1n) is 2.06. The van der Waals surface area contributed by atoms with E-state index < -0.39 is 0 Å². The van der Waals surface area contributed by atoms with Crippen LogP contribution < -0.4 is 5.11 Å². The molecule has 38 valence electrons. The molecule has 0 aromatic carbocycles. The maximum atomic E-state index is 10.1. The van der Waals surface area contributed by atoms with Gasteiger partial charge < -0.3 is 5.11 Å². The minimum absolute atomic E-state index is 0. The molecule has 0 aromatic rings. The average molecular weight is 299 g/mol. The molecule has 8 heavy (non-hydrogen) atoms. The van der Waals surface area contributed by atoms with Gasteiger partial charge in [-0.1, -0.05) is 0 Å². The van der Waals surface area contributed by atoms with Gasteiger partial charge in [-0.2, -0.15) is 0 Å². The number of aliphatic imine (C=N–C) groups is 1. The summed E-state index contributed by atoms with van der Waals surface area (Å²) in [4.78, 5) is 13.2. The Hall–Kier alpha value is 0.0751. The van der Waals surface area contributed by atoms with Crippen molar-refractivity contribution in [3.63, 3.8) is 0 Å². The Morgan fingerprint density at radius 2 is 2.12 bits per heavy atom. The van der Waals surface area contributed by atoms with E-state index in [0.717, 1.165) is 0 Å². The molecule has 0 spiro atoms. The second-order valence-corrected chi connectivity index (χ2v) is 1.40. The smallest absolute Gasteiger partial charge is 0.862 e. The number of rotatable bonds is 0. The predicted molar refractivity (Wildman–Crippen MR) is 21.7 cm³/mol. The van der Waals surface area contributed by atoms with Crippen LogP contribution in [0.3, 0.4) is 0 Å². The van der Waals surface area contributed by atoms with Gasteiger partial charge in [0, 0.05) is 6.42 Å². The van der Waals surface area contributed by atoms with Crippen molar-refractivity contribution < 1.29 is 37.6 Å². The van der Waals surface area contributed by atoms with Crippen LogP contribution in [0.2, 0.25) is 0 Å². The molecule has 0 saturated heterocycles. The quantitative estimate of drug-likeness (QED) is 0.542. The normalized spacial score (nSPS) is 17.5.